The second kappa shape index (κ2) is 6.80. The number of alkyl halides is 3. The lowest BCUT2D eigenvalue weighted by molar-refractivity contribution is -0.192. The van der Waals surface area contributed by atoms with Crippen LogP contribution in [0.15, 0.2) is 5.38 Å². The van der Waals surface area contributed by atoms with Crippen molar-refractivity contribution in [1.29, 1.82) is 0 Å². The molecule has 0 spiro atoms. The van der Waals surface area contributed by atoms with Crippen molar-refractivity contribution in [3.8, 4) is 0 Å². The summed E-state index contributed by atoms with van der Waals surface area (Å²) in [7, 11) is 0. The van der Waals surface area contributed by atoms with E-state index in [1.54, 1.807) is 0 Å². The number of hydrogen-bond donors (Lipinski definition) is 2. The van der Waals surface area contributed by atoms with Gasteiger partial charge in [-0.05, 0) is 19.4 Å². The van der Waals surface area contributed by atoms with Crippen LogP contribution in [0.5, 0.6) is 0 Å². The fourth-order valence-electron chi connectivity index (χ4n) is 1.20. The van der Waals surface area contributed by atoms with Crippen LogP contribution >= 0.6 is 11.3 Å². The third kappa shape index (κ3) is 5.25. The van der Waals surface area contributed by atoms with E-state index in [-0.39, 0.29) is 11.7 Å². The first kappa shape index (κ1) is 16.6. The number of hydrogen-bond acceptors (Lipinski definition) is 5. The number of nitrogens with zero attached hydrogens (tertiary/aromatic N) is 1. The number of carboxylic acid groups (broad SMARTS) is 1. The van der Waals surface area contributed by atoms with Crippen molar-refractivity contribution in [2.45, 2.75) is 25.4 Å². The number of aromatic nitrogens is 1. The van der Waals surface area contributed by atoms with Crippen LogP contribution < -0.4 is 5.73 Å². The summed E-state index contributed by atoms with van der Waals surface area (Å²) >= 11 is 1.45. The van der Waals surface area contributed by atoms with E-state index in [0.717, 1.165) is 25.0 Å². The molecule has 0 aliphatic heterocycles. The maximum Gasteiger partial charge on any atom is 0.490 e. The molecule has 1 aromatic rings. The van der Waals surface area contributed by atoms with Crippen LogP contribution in [-0.4, -0.2) is 34.6 Å². The Bertz CT molecular complexity index is 484. The summed E-state index contributed by atoms with van der Waals surface area (Å²) in [5.41, 5.74) is 6.35. The molecule has 1 fully saturated rings. The summed E-state index contributed by atoms with van der Waals surface area (Å²) in [6.45, 7) is 0.598. The first-order valence-corrected chi connectivity index (χ1v) is 6.62. The lowest BCUT2D eigenvalue weighted by atomic mass is 10.3. The van der Waals surface area contributed by atoms with Crippen LogP contribution in [0.4, 0.5) is 13.2 Å². The smallest absolute Gasteiger partial charge is 0.475 e. The molecule has 0 amide bonds. The Morgan fingerprint density at radius 2 is 2.00 bits per heavy atom. The second-order valence-electron chi connectivity index (χ2n) is 4.12. The Morgan fingerprint density at radius 1 is 1.45 bits per heavy atom. The van der Waals surface area contributed by atoms with Gasteiger partial charge in [-0.2, -0.15) is 13.2 Å². The van der Waals surface area contributed by atoms with Crippen LogP contribution in [0.2, 0.25) is 0 Å². The molecule has 1 aromatic heterocycles. The Hall–Kier alpha value is -1.48. The van der Waals surface area contributed by atoms with Gasteiger partial charge in [-0.3, -0.25) is 4.79 Å². The molecule has 0 atom stereocenters. The fraction of sp³-hybridized carbons (Fsp3) is 0.545. The number of ketones is 1. The SMILES string of the molecule is NCCc1csc(C(=O)C2CC2)n1.O=C(O)C(F)(F)F. The normalized spacial score (nSPS) is 14.4. The highest BCUT2D eigenvalue weighted by Gasteiger charge is 2.38. The molecule has 0 saturated heterocycles. The standard InChI is InChI=1S/C9H12N2OS.C2HF3O2/c10-4-3-7-5-13-9(11-7)8(12)6-1-2-6;3-2(4,5)1(6)7/h5-6H,1-4,10H2;(H,6,7). The third-order valence-corrected chi connectivity index (χ3v) is 3.26. The van der Waals surface area contributed by atoms with E-state index < -0.39 is 12.1 Å². The van der Waals surface area contributed by atoms with Crippen LogP contribution in [0.25, 0.3) is 0 Å². The molecule has 9 heteroatoms. The van der Waals surface area contributed by atoms with Crippen LogP contribution in [0, 0.1) is 5.92 Å². The predicted molar refractivity (Wildman–Crippen MR) is 65.6 cm³/mol. The number of Topliss-reactive ketones (excluding diaryl/α,β-unsaturated/α-hetero) is 1. The number of rotatable bonds is 4. The van der Waals surface area contributed by atoms with Crippen molar-refractivity contribution in [2.24, 2.45) is 11.7 Å². The van der Waals surface area contributed by atoms with Crippen molar-refractivity contribution in [3.05, 3.63) is 16.1 Å². The van der Waals surface area contributed by atoms with Gasteiger partial charge in [0.15, 0.2) is 10.8 Å². The Kier molecular flexibility index (Phi) is 5.63. The third-order valence-electron chi connectivity index (χ3n) is 2.35. The molecule has 5 nitrogen and oxygen atoms in total. The predicted octanol–water partition coefficient (Wildman–Crippen LogP) is 1.87. The van der Waals surface area contributed by atoms with E-state index in [1.165, 1.54) is 11.3 Å². The highest BCUT2D eigenvalue weighted by atomic mass is 32.1. The zero-order chi connectivity index (χ0) is 15.3. The summed E-state index contributed by atoms with van der Waals surface area (Å²) < 4.78 is 31.7. The van der Waals surface area contributed by atoms with Crippen molar-refractivity contribution in [1.82, 2.24) is 4.98 Å². The van der Waals surface area contributed by atoms with Gasteiger partial charge in [-0.1, -0.05) is 0 Å². The van der Waals surface area contributed by atoms with Crippen LogP contribution in [0.1, 0.15) is 28.3 Å². The molecule has 0 radical (unpaired) electrons. The number of thiazole rings is 1. The van der Waals surface area contributed by atoms with Gasteiger partial charge in [0, 0.05) is 17.7 Å². The maximum atomic E-state index is 11.5. The molecular formula is C11H13F3N2O3S. The Labute approximate surface area is 116 Å². The molecule has 20 heavy (non-hydrogen) atoms. The van der Waals surface area contributed by atoms with E-state index >= 15 is 0 Å². The molecular weight excluding hydrogens is 297 g/mol. The lowest BCUT2D eigenvalue weighted by Gasteiger charge is -1.93. The van der Waals surface area contributed by atoms with E-state index in [1.807, 2.05) is 5.38 Å². The van der Waals surface area contributed by atoms with Gasteiger partial charge in [0.1, 0.15) is 0 Å². The molecule has 0 unspecified atom stereocenters. The van der Waals surface area contributed by atoms with Gasteiger partial charge in [-0.25, -0.2) is 9.78 Å². The van der Waals surface area contributed by atoms with Crippen molar-refractivity contribution < 1.29 is 27.9 Å². The van der Waals surface area contributed by atoms with E-state index in [9.17, 15) is 18.0 Å². The Balaban J connectivity index is 0.000000246. The zero-order valence-corrected chi connectivity index (χ0v) is 11.1. The minimum absolute atomic E-state index is 0.230. The molecule has 112 valence electrons. The second-order valence-corrected chi connectivity index (χ2v) is 4.98. The average Bonchev–Trinajstić information content (AvgIpc) is 3.09. The van der Waals surface area contributed by atoms with Gasteiger partial charge in [0.05, 0.1) is 5.69 Å². The van der Waals surface area contributed by atoms with Crippen molar-refractivity contribution in [2.75, 3.05) is 6.54 Å². The van der Waals surface area contributed by atoms with E-state index in [2.05, 4.69) is 4.98 Å². The minimum atomic E-state index is -5.08. The summed E-state index contributed by atoms with van der Waals surface area (Å²) in [5, 5.41) is 9.73. The van der Waals surface area contributed by atoms with E-state index in [4.69, 9.17) is 15.6 Å². The zero-order valence-electron chi connectivity index (χ0n) is 10.3. The molecule has 3 N–H and O–H groups in total. The summed E-state index contributed by atoms with van der Waals surface area (Å²) in [6, 6.07) is 0. The molecule has 0 bridgehead atoms. The van der Waals surface area contributed by atoms with Crippen molar-refractivity contribution >= 4 is 23.1 Å². The average molecular weight is 310 g/mol. The summed E-state index contributed by atoms with van der Waals surface area (Å²) in [6.07, 6.45) is -2.22. The monoisotopic (exact) mass is 310 g/mol. The lowest BCUT2D eigenvalue weighted by Crippen LogP contribution is -2.21. The fourth-order valence-corrected chi connectivity index (χ4v) is 2.07. The molecule has 1 aliphatic rings. The molecule has 2 rings (SSSR count). The topological polar surface area (TPSA) is 93.3 Å². The van der Waals surface area contributed by atoms with Gasteiger partial charge in [0.25, 0.3) is 0 Å². The molecule has 1 saturated carbocycles. The first-order valence-electron chi connectivity index (χ1n) is 5.74. The quantitative estimate of drug-likeness (QED) is 0.828. The van der Waals surface area contributed by atoms with Gasteiger partial charge in [0.2, 0.25) is 0 Å². The first-order chi connectivity index (χ1) is 9.25. The molecule has 1 heterocycles. The molecule has 1 aliphatic carbocycles. The highest BCUT2D eigenvalue weighted by Crippen LogP contribution is 2.33. The van der Waals surface area contributed by atoms with Gasteiger partial charge < -0.3 is 10.8 Å². The Morgan fingerprint density at radius 3 is 2.40 bits per heavy atom. The molecule has 0 aromatic carbocycles. The largest absolute Gasteiger partial charge is 0.490 e. The number of halogens is 3. The summed E-state index contributed by atoms with van der Waals surface area (Å²) in [5.74, 6) is -2.25. The van der Waals surface area contributed by atoms with Gasteiger partial charge >= 0.3 is 12.1 Å². The summed E-state index contributed by atoms with van der Waals surface area (Å²) in [4.78, 5) is 24.7. The number of carbonyl (C=O) groups is 2. The minimum Gasteiger partial charge on any atom is -0.475 e. The van der Waals surface area contributed by atoms with E-state index in [0.29, 0.717) is 11.6 Å². The number of carboxylic acids is 1. The van der Waals surface area contributed by atoms with Crippen molar-refractivity contribution in [3.63, 3.8) is 0 Å². The number of aliphatic carboxylic acids is 1. The number of carbonyl (C=O) groups excluding carboxylic acids is 1. The van der Waals surface area contributed by atoms with Crippen LogP contribution in [-0.2, 0) is 11.2 Å². The number of nitrogens with two attached hydrogens (primary N) is 1. The maximum absolute atomic E-state index is 11.5. The van der Waals surface area contributed by atoms with Crippen LogP contribution in [0.3, 0.4) is 0 Å². The highest BCUT2D eigenvalue weighted by molar-refractivity contribution is 7.11. The van der Waals surface area contributed by atoms with Gasteiger partial charge in [-0.15, -0.1) is 11.3 Å².